The van der Waals surface area contributed by atoms with Crippen LogP contribution >= 0.6 is 24.1 Å². The number of benzene rings is 7. The molecule has 8 aromatic rings. The first-order valence-corrected chi connectivity index (χ1v) is 21.1. The highest BCUT2D eigenvalue weighted by atomic mass is 32.2. The van der Waals surface area contributed by atoms with Crippen LogP contribution in [0.5, 0.6) is 17.2 Å². The van der Waals surface area contributed by atoms with Crippen molar-refractivity contribution >= 4 is 101 Å². The van der Waals surface area contributed by atoms with Gasteiger partial charge in [-0.1, -0.05) is 16.1 Å². The molecule has 0 bridgehead atoms. The number of nitrogens with zero attached hydrogens (tertiary/aromatic N) is 9. The lowest BCUT2D eigenvalue weighted by Gasteiger charge is -2.10. The number of rotatable bonds is 15. The summed E-state index contributed by atoms with van der Waals surface area (Å²) in [5.41, 5.74) is 4.19. The van der Waals surface area contributed by atoms with Gasteiger partial charge in [0, 0.05) is 27.1 Å². The van der Waals surface area contributed by atoms with E-state index in [0.29, 0.717) is 102 Å². The van der Waals surface area contributed by atoms with Crippen LogP contribution in [0.25, 0.3) is 38.3 Å². The molecule has 0 spiro atoms. The maximum absolute atomic E-state index is 12.0. The molecule has 0 saturated carbocycles. The molecule has 0 unspecified atom stereocenters. The molecular weight excluding hydrogens is 895 g/mol. The van der Waals surface area contributed by atoms with E-state index in [9.17, 15) is 23.2 Å². The second-order valence-corrected chi connectivity index (χ2v) is 16.2. The monoisotopic (exact) mass is 923 g/mol. The molecule has 24 heteroatoms. The topological polar surface area (TPSA) is 286 Å². The number of phenols is 2. The number of fused-ring (bicyclic) bond motifs is 4. The Hall–Kier alpha value is -6.97. The summed E-state index contributed by atoms with van der Waals surface area (Å²) >= 11 is 1.12. The summed E-state index contributed by atoms with van der Waals surface area (Å²) in [6.07, 6.45) is 0. The maximum Gasteiger partial charge on any atom is 0.294 e. The lowest BCUT2D eigenvalue weighted by molar-refractivity contribution is -0.432. The Kier molecular flexibility index (Phi) is 12.8. The van der Waals surface area contributed by atoms with Gasteiger partial charge < -0.3 is 14.9 Å². The number of aromatic hydroxyl groups is 2. The van der Waals surface area contributed by atoms with Crippen molar-refractivity contribution in [2.75, 3.05) is 7.11 Å². The fraction of sp³-hybridized carbons (Fsp3) is 0.0500. The van der Waals surface area contributed by atoms with E-state index in [0.717, 1.165) is 0 Å². The molecule has 0 aliphatic carbocycles. The zero-order chi connectivity index (χ0) is 45.0. The van der Waals surface area contributed by atoms with E-state index in [1.165, 1.54) is 36.2 Å². The molecule has 324 valence electrons. The first-order valence-electron chi connectivity index (χ1n) is 18.2. The number of aromatic nitrogens is 3. The Morgan fingerprint density at radius 2 is 1.28 bits per heavy atom. The zero-order valence-electron chi connectivity index (χ0n) is 32.7. The zero-order valence-corrected chi connectivity index (χ0v) is 35.2. The molecule has 0 atom stereocenters. The SMILES string of the molecule is COc1cc(N=Nc2ccc(-n3nc4ccc5c(SOOO)cc(S(=O)(=O)O)cc5c4n3)cc2)c(C)cc1N=Nc1c(SOOO)cc2cc(N=Nc3ccc(O)cc3)ccc2c1O. The van der Waals surface area contributed by atoms with Crippen LogP contribution in [0.3, 0.4) is 0 Å². The van der Waals surface area contributed by atoms with Gasteiger partial charge in [-0.05, 0) is 115 Å². The van der Waals surface area contributed by atoms with E-state index in [1.54, 1.807) is 91.9 Å². The summed E-state index contributed by atoms with van der Waals surface area (Å²) in [6, 6.07) is 28.7. The number of ether oxygens (including phenoxy) is 1. The third-order valence-electron chi connectivity index (χ3n) is 9.30. The van der Waals surface area contributed by atoms with Gasteiger partial charge >= 0.3 is 0 Å². The van der Waals surface area contributed by atoms with Crippen LogP contribution in [0.2, 0.25) is 0 Å². The van der Waals surface area contributed by atoms with E-state index in [4.69, 9.17) is 19.6 Å². The number of phenolic OH excluding ortho intramolecular Hbond substituents is 2. The minimum Gasteiger partial charge on any atom is -0.508 e. The van der Waals surface area contributed by atoms with Crippen molar-refractivity contribution in [3.05, 3.63) is 115 Å². The van der Waals surface area contributed by atoms with Crippen LogP contribution in [0, 0.1) is 6.92 Å². The molecule has 64 heavy (non-hydrogen) atoms. The Morgan fingerprint density at radius 1 is 0.641 bits per heavy atom. The minimum absolute atomic E-state index is 0.00565. The molecule has 0 saturated heterocycles. The molecule has 8 rings (SSSR count). The number of hydrogen-bond donors (Lipinski definition) is 5. The molecule has 0 fully saturated rings. The molecule has 1 heterocycles. The lowest BCUT2D eigenvalue weighted by Crippen LogP contribution is -1.99. The van der Waals surface area contributed by atoms with Crippen molar-refractivity contribution in [1.82, 2.24) is 15.0 Å². The predicted molar refractivity (Wildman–Crippen MR) is 231 cm³/mol. The average Bonchev–Trinajstić information content (AvgIpc) is 3.74. The fourth-order valence-corrected chi connectivity index (χ4v) is 7.92. The van der Waals surface area contributed by atoms with Crippen LogP contribution in [-0.2, 0) is 28.9 Å². The summed E-state index contributed by atoms with van der Waals surface area (Å²) < 4.78 is 48.7. The Balaban J connectivity index is 1.03. The van der Waals surface area contributed by atoms with E-state index in [2.05, 4.69) is 55.3 Å². The Bertz CT molecular complexity index is 3260. The quantitative estimate of drug-likeness (QED) is 0.0210. The Morgan fingerprint density at radius 3 is 1.98 bits per heavy atom. The van der Waals surface area contributed by atoms with Crippen molar-refractivity contribution in [3.63, 3.8) is 0 Å². The largest absolute Gasteiger partial charge is 0.508 e. The molecule has 21 nitrogen and oxygen atoms in total. The van der Waals surface area contributed by atoms with Gasteiger partial charge in [0.1, 0.15) is 33.9 Å². The standard InChI is InChI=1S/C40H29N9O12S3/c1-21-15-34(45-46-39-37(63-61-59-53)17-22-16-25(7-12-29(22)40(39)51)43-41-24-5-10-27(50)11-6-24)35(57-2)20-33(21)44-42-23-3-8-26(9-4-23)49-47-32-14-13-30-31(38(32)48-49)18-28(64(54,55)56)19-36(30)62-60-58-52/h3-20,50-53H,1-2H3,(H,54,55,56). The van der Waals surface area contributed by atoms with Gasteiger partial charge in [-0.2, -0.15) is 33.7 Å². The summed E-state index contributed by atoms with van der Waals surface area (Å²) in [6.45, 7) is 1.79. The van der Waals surface area contributed by atoms with Crippen molar-refractivity contribution < 1.29 is 57.2 Å². The molecule has 0 amide bonds. The highest BCUT2D eigenvalue weighted by molar-refractivity contribution is 7.95. The average molecular weight is 924 g/mol. The third kappa shape index (κ3) is 9.50. The van der Waals surface area contributed by atoms with Gasteiger partial charge in [-0.25, -0.2) is 10.5 Å². The van der Waals surface area contributed by atoms with Crippen LogP contribution in [0.1, 0.15) is 5.56 Å². The summed E-state index contributed by atoms with van der Waals surface area (Å²) in [5.74, 6) is 0.150. The maximum atomic E-state index is 12.0. The van der Waals surface area contributed by atoms with Crippen molar-refractivity contribution in [2.24, 2.45) is 30.7 Å². The molecule has 1 aromatic heterocycles. The summed E-state index contributed by atoms with van der Waals surface area (Å²) in [7, 11) is -3.18. The smallest absolute Gasteiger partial charge is 0.294 e. The van der Waals surface area contributed by atoms with Gasteiger partial charge in [0.05, 0.1) is 69.4 Å². The second kappa shape index (κ2) is 18.8. The normalized spacial score (nSPS) is 12.3. The van der Waals surface area contributed by atoms with Crippen molar-refractivity contribution in [2.45, 2.75) is 21.6 Å². The van der Waals surface area contributed by atoms with Gasteiger partial charge in [0.25, 0.3) is 10.1 Å². The highest BCUT2D eigenvalue weighted by Gasteiger charge is 2.20. The number of hydrogen-bond acceptors (Lipinski definition) is 21. The van der Waals surface area contributed by atoms with Crippen LogP contribution < -0.4 is 4.74 Å². The molecule has 7 aromatic carbocycles. The number of aryl methyl sites for hydroxylation is 1. The lowest BCUT2D eigenvalue weighted by atomic mass is 10.1. The van der Waals surface area contributed by atoms with Crippen LogP contribution in [0.4, 0.5) is 34.1 Å². The first kappa shape index (κ1) is 43.7. The van der Waals surface area contributed by atoms with Gasteiger partial charge in [0.15, 0.2) is 5.75 Å². The van der Waals surface area contributed by atoms with Crippen LogP contribution in [0.15, 0.2) is 155 Å². The summed E-state index contributed by atoms with van der Waals surface area (Å²) in [4.78, 5) is 1.38. The first-order chi connectivity index (χ1) is 30.9. The molecule has 0 aliphatic heterocycles. The van der Waals surface area contributed by atoms with E-state index in [1.807, 2.05) is 0 Å². The fourth-order valence-electron chi connectivity index (χ4n) is 6.27. The second-order valence-electron chi connectivity index (χ2n) is 13.3. The van der Waals surface area contributed by atoms with Gasteiger partial charge in [-0.15, -0.1) is 29.1 Å². The minimum atomic E-state index is -4.62. The van der Waals surface area contributed by atoms with Gasteiger partial charge in [0.2, 0.25) is 0 Å². The van der Waals surface area contributed by atoms with E-state index < -0.39 is 15.0 Å². The summed E-state index contributed by atoms with van der Waals surface area (Å²) in [5, 5.41) is 82.6. The van der Waals surface area contributed by atoms with E-state index in [-0.39, 0.29) is 27.0 Å². The Labute approximate surface area is 368 Å². The number of azo groups is 3. The highest BCUT2D eigenvalue weighted by Crippen LogP contribution is 2.46. The molecular formula is C40H29N9O12S3. The van der Waals surface area contributed by atoms with Crippen molar-refractivity contribution in [1.29, 1.82) is 0 Å². The van der Waals surface area contributed by atoms with Gasteiger partial charge in [-0.3, -0.25) is 4.55 Å². The van der Waals surface area contributed by atoms with E-state index >= 15 is 0 Å². The molecule has 0 radical (unpaired) electrons. The molecule has 5 N–H and O–H groups in total. The number of methoxy groups -OCH3 is 1. The van der Waals surface area contributed by atoms with Crippen LogP contribution in [-0.4, -0.2) is 55.8 Å². The predicted octanol–water partition coefficient (Wildman–Crippen LogP) is 11.8. The third-order valence-corrected chi connectivity index (χ3v) is 11.4. The molecule has 0 aliphatic rings. The van der Waals surface area contributed by atoms with Crippen molar-refractivity contribution in [3.8, 4) is 22.9 Å².